The van der Waals surface area contributed by atoms with Crippen molar-refractivity contribution in [1.29, 1.82) is 0 Å². The average Bonchev–Trinajstić information content (AvgIpc) is 2.76. The number of carbonyl (C=O) groups excluding carboxylic acids is 1. The van der Waals surface area contributed by atoms with Crippen molar-refractivity contribution in [2.75, 3.05) is 5.32 Å². The normalized spacial score (nSPS) is 12.6. The number of fused-ring (bicyclic) bond motifs is 1. The van der Waals surface area contributed by atoms with E-state index < -0.39 is 6.04 Å². The Morgan fingerprint density at radius 3 is 3.12 bits per heavy atom. The summed E-state index contributed by atoms with van der Waals surface area (Å²) >= 11 is 5.90. The molecule has 2 rings (SSSR count). The van der Waals surface area contributed by atoms with Crippen LogP contribution in [0, 0.1) is 0 Å². The minimum absolute atomic E-state index is 0.100. The molecule has 0 fully saturated rings. The Hall–Kier alpha value is -1.73. The van der Waals surface area contributed by atoms with Gasteiger partial charge in [-0.25, -0.2) is 4.98 Å². The highest BCUT2D eigenvalue weighted by molar-refractivity contribution is 6.33. The number of rotatable bonds is 3. The third-order valence-corrected chi connectivity index (χ3v) is 2.53. The number of aromatic amines is 1. The zero-order chi connectivity index (χ0) is 12.4. The van der Waals surface area contributed by atoms with Gasteiger partial charge in [-0.05, 0) is 6.42 Å². The van der Waals surface area contributed by atoms with Crippen LogP contribution in [0.25, 0.3) is 11.2 Å². The van der Waals surface area contributed by atoms with E-state index in [4.69, 9.17) is 17.3 Å². The summed E-state index contributed by atoms with van der Waals surface area (Å²) in [5.41, 5.74) is 6.50. The van der Waals surface area contributed by atoms with Crippen molar-refractivity contribution in [1.82, 2.24) is 19.9 Å². The maximum Gasteiger partial charge on any atom is 0.243 e. The number of hydrogen-bond donors (Lipinski definition) is 3. The Bertz CT molecular complexity index is 553. The summed E-state index contributed by atoms with van der Waals surface area (Å²) in [6, 6.07) is -0.591. The first-order chi connectivity index (χ1) is 8.11. The highest BCUT2D eigenvalue weighted by Gasteiger charge is 2.14. The average molecular weight is 255 g/mol. The Labute approximate surface area is 102 Å². The van der Waals surface area contributed by atoms with Gasteiger partial charge in [0.2, 0.25) is 11.9 Å². The molecule has 1 amide bonds. The smallest absolute Gasteiger partial charge is 0.243 e. The first-order valence-electron chi connectivity index (χ1n) is 5.05. The number of aromatic nitrogens is 4. The molecule has 0 bridgehead atoms. The molecule has 4 N–H and O–H groups in total. The number of amides is 1. The van der Waals surface area contributed by atoms with Crippen LogP contribution in [-0.4, -0.2) is 31.9 Å². The molecule has 0 spiro atoms. The fourth-order valence-electron chi connectivity index (χ4n) is 1.24. The lowest BCUT2D eigenvalue weighted by Gasteiger charge is -2.08. The number of carbonyl (C=O) groups is 1. The third-order valence-electron chi connectivity index (χ3n) is 2.25. The predicted molar refractivity (Wildman–Crippen MR) is 63.6 cm³/mol. The molecule has 8 heteroatoms. The Kier molecular flexibility index (Phi) is 3.21. The summed E-state index contributed by atoms with van der Waals surface area (Å²) in [7, 11) is 0. The fraction of sp³-hybridized carbons (Fsp3) is 0.333. The largest absolute Gasteiger partial charge is 0.341 e. The monoisotopic (exact) mass is 254 g/mol. The van der Waals surface area contributed by atoms with Crippen LogP contribution in [0.5, 0.6) is 0 Å². The van der Waals surface area contributed by atoms with Gasteiger partial charge in [-0.15, -0.1) is 0 Å². The SMILES string of the molecule is CCC(N)C(=O)Nc1nc(Cl)c2[nH]cnc2n1. The molecule has 0 aliphatic heterocycles. The molecule has 1 unspecified atom stereocenters. The maximum absolute atomic E-state index is 11.5. The van der Waals surface area contributed by atoms with Crippen LogP contribution in [0.4, 0.5) is 5.95 Å². The second-order valence-electron chi connectivity index (χ2n) is 3.44. The first-order valence-corrected chi connectivity index (χ1v) is 5.42. The molecule has 0 aliphatic carbocycles. The second-order valence-corrected chi connectivity index (χ2v) is 3.80. The summed E-state index contributed by atoms with van der Waals surface area (Å²) in [6.45, 7) is 1.81. The molecule has 17 heavy (non-hydrogen) atoms. The van der Waals surface area contributed by atoms with Gasteiger partial charge in [-0.3, -0.25) is 10.1 Å². The quantitative estimate of drug-likeness (QED) is 0.698. The van der Waals surface area contributed by atoms with E-state index in [1.165, 1.54) is 6.33 Å². The molecule has 2 heterocycles. The maximum atomic E-state index is 11.5. The van der Waals surface area contributed by atoms with E-state index in [-0.39, 0.29) is 17.0 Å². The van der Waals surface area contributed by atoms with Crippen molar-refractivity contribution in [2.24, 2.45) is 5.73 Å². The van der Waals surface area contributed by atoms with Crippen LogP contribution in [0.2, 0.25) is 5.15 Å². The van der Waals surface area contributed by atoms with Crippen LogP contribution in [0.1, 0.15) is 13.3 Å². The number of anilines is 1. The van der Waals surface area contributed by atoms with Crippen molar-refractivity contribution in [3.8, 4) is 0 Å². The van der Waals surface area contributed by atoms with E-state index in [0.717, 1.165) is 0 Å². The predicted octanol–water partition coefficient (Wildman–Crippen LogP) is 0.682. The van der Waals surface area contributed by atoms with Gasteiger partial charge in [0.05, 0.1) is 12.4 Å². The van der Waals surface area contributed by atoms with Crippen molar-refractivity contribution in [3.63, 3.8) is 0 Å². The number of halogens is 1. The lowest BCUT2D eigenvalue weighted by Crippen LogP contribution is -2.35. The summed E-state index contributed by atoms with van der Waals surface area (Å²) < 4.78 is 0. The van der Waals surface area contributed by atoms with Crippen LogP contribution in [0.3, 0.4) is 0 Å². The van der Waals surface area contributed by atoms with E-state index >= 15 is 0 Å². The zero-order valence-corrected chi connectivity index (χ0v) is 9.82. The van der Waals surface area contributed by atoms with Crippen molar-refractivity contribution in [2.45, 2.75) is 19.4 Å². The molecule has 7 nitrogen and oxygen atoms in total. The summed E-state index contributed by atoms with van der Waals surface area (Å²) in [5.74, 6) is -0.248. The molecular formula is C9H11ClN6O. The van der Waals surface area contributed by atoms with E-state index in [0.29, 0.717) is 17.6 Å². The van der Waals surface area contributed by atoms with Crippen molar-refractivity contribution in [3.05, 3.63) is 11.5 Å². The Morgan fingerprint density at radius 2 is 2.41 bits per heavy atom. The van der Waals surface area contributed by atoms with E-state index in [1.54, 1.807) is 0 Å². The molecule has 0 radical (unpaired) electrons. The van der Waals surface area contributed by atoms with Gasteiger partial charge in [0.25, 0.3) is 0 Å². The molecular weight excluding hydrogens is 244 g/mol. The highest BCUT2D eigenvalue weighted by Crippen LogP contribution is 2.18. The topological polar surface area (TPSA) is 110 Å². The lowest BCUT2D eigenvalue weighted by molar-refractivity contribution is -0.117. The number of nitrogens with one attached hydrogen (secondary N) is 2. The number of nitrogens with two attached hydrogens (primary N) is 1. The minimum Gasteiger partial charge on any atom is -0.341 e. The van der Waals surface area contributed by atoms with Gasteiger partial charge in [-0.1, -0.05) is 18.5 Å². The van der Waals surface area contributed by atoms with Gasteiger partial charge >= 0.3 is 0 Å². The molecule has 2 aromatic rings. The van der Waals surface area contributed by atoms with Crippen LogP contribution in [0.15, 0.2) is 6.33 Å². The molecule has 0 saturated heterocycles. The Morgan fingerprint density at radius 1 is 1.65 bits per heavy atom. The first kappa shape index (κ1) is 11.7. The second kappa shape index (κ2) is 4.64. The molecule has 0 aliphatic rings. The highest BCUT2D eigenvalue weighted by atomic mass is 35.5. The summed E-state index contributed by atoms with van der Waals surface area (Å²) in [5, 5.41) is 2.69. The fourth-order valence-corrected chi connectivity index (χ4v) is 1.46. The zero-order valence-electron chi connectivity index (χ0n) is 9.07. The van der Waals surface area contributed by atoms with Gasteiger partial charge in [0, 0.05) is 0 Å². The van der Waals surface area contributed by atoms with Crippen molar-refractivity contribution < 1.29 is 4.79 Å². The molecule has 0 aromatic carbocycles. The minimum atomic E-state index is -0.591. The molecule has 0 saturated carbocycles. The number of H-pyrrole nitrogens is 1. The van der Waals surface area contributed by atoms with Gasteiger partial charge in [0.15, 0.2) is 10.8 Å². The van der Waals surface area contributed by atoms with Crippen LogP contribution >= 0.6 is 11.6 Å². The standard InChI is InChI=1S/C9H11ClN6O/c1-2-4(11)8(17)16-9-14-6(10)5-7(15-9)13-3-12-5/h3-4H,2,11H2,1H3,(H2,12,13,14,15,16,17). The van der Waals surface area contributed by atoms with Gasteiger partial charge < -0.3 is 10.7 Å². The van der Waals surface area contributed by atoms with E-state index in [9.17, 15) is 4.79 Å². The third kappa shape index (κ3) is 2.34. The number of hydrogen-bond acceptors (Lipinski definition) is 5. The summed E-state index contributed by atoms with van der Waals surface area (Å²) in [4.78, 5) is 26.2. The summed E-state index contributed by atoms with van der Waals surface area (Å²) in [6.07, 6.45) is 1.98. The molecule has 2 aromatic heterocycles. The van der Waals surface area contributed by atoms with Crippen molar-refractivity contribution >= 4 is 34.6 Å². The molecule has 1 atom stereocenters. The Balaban J connectivity index is 2.27. The van der Waals surface area contributed by atoms with Gasteiger partial charge in [-0.2, -0.15) is 9.97 Å². The van der Waals surface area contributed by atoms with Crippen LogP contribution < -0.4 is 11.1 Å². The van der Waals surface area contributed by atoms with E-state index in [1.807, 2.05) is 6.92 Å². The molecule has 90 valence electrons. The number of imidazole rings is 1. The number of nitrogens with zero attached hydrogens (tertiary/aromatic N) is 3. The van der Waals surface area contributed by atoms with Gasteiger partial charge in [0.1, 0.15) is 5.52 Å². The lowest BCUT2D eigenvalue weighted by atomic mass is 10.2. The van der Waals surface area contributed by atoms with E-state index in [2.05, 4.69) is 25.3 Å². The van der Waals surface area contributed by atoms with Crippen LogP contribution in [-0.2, 0) is 4.79 Å².